The molecule has 0 spiro atoms. The van der Waals surface area contributed by atoms with Crippen LogP contribution in [0, 0.1) is 0 Å². The first-order chi connectivity index (χ1) is 8.24. The highest BCUT2D eigenvalue weighted by molar-refractivity contribution is 5.84. The van der Waals surface area contributed by atoms with E-state index in [0.29, 0.717) is 5.92 Å². The zero-order valence-electron chi connectivity index (χ0n) is 10.6. The Labute approximate surface area is 103 Å². The predicted molar refractivity (Wildman–Crippen MR) is 73.7 cm³/mol. The molecule has 88 valence electrons. The Balaban J connectivity index is 2.44. The molecule has 2 aromatic rings. The van der Waals surface area contributed by atoms with Crippen LogP contribution >= 0.6 is 0 Å². The summed E-state index contributed by atoms with van der Waals surface area (Å²) in [5.41, 5.74) is 1.35. The number of ether oxygens (including phenoxy) is 1. The van der Waals surface area contributed by atoms with Gasteiger partial charge in [0.15, 0.2) is 0 Å². The molecule has 0 fully saturated rings. The van der Waals surface area contributed by atoms with Crippen LogP contribution in [0.4, 0.5) is 0 Å². The topological polar surface area (TPSA) is 9.23 Å². The molecule has 0 amide bonds. The maximum Gasteiger partial charge on any atom is 0.119 e. The molecule has 0 aliphatic carbocycles. The number of methoxy groups -OCH3 is 1. The summed E-state index contributed by atoms with van der Waals surface area (Å²) in [6.07, 6.45) is 4.31. The molecular weight excluding hydrogens is 208 g/mol. The van der Waals surface area contributed by atoms with Gasteiger partial charge in [-0.05, 0) is 41.3 Å². The molecule has 0 aliphatic rings. The normalized spacial score (nSPS) is 13.1. The number of allylic oxidation sites excluding steroid dienone is 2. The van der Waals surface area contributed by atoms with Gasteiger partial charge in [-0.25, -0.2) is 0 Å². The molecule has 0 saturated carbocycles. The molecule has 0 bridgehead atoms. The van der Waals surface area contributed by atoms with Crippen LogP contribution in [0.2, 0.25) is 0 Å². The van der Waals surface area contributed by atoms with Crippen LogP contribution in [0.1, 0.15) is 25.3 Å². The molecule has 0 unspecified atom stereocenters. The van der Waals surface area contributed by atoms with Gasteiger partial charge in [0.05, 0.1) is 7.11 Å². The molecule has 1 nitrogen and oxygen atoms in total. The fourth-order valence-electron chi connectivity index (χ4n) is 2.05. The van der Waals surface area contributed by atoms with Crippen LogP contribution < -0.4 is 4.74 Å². The highest BCUT2D eigenvalue weighted by Crippen LogP contribution is 2.25. The van der Waals surface area contributed by atoms with E-state index in [1.807, 2.05) is 6.07 Å². The molecule has 2 aromatic carbocycles. The lowest BCUT2D eigenvalue weighted by molar-refractivity contribution is 0.415. The van der Waals surface area contributed by atoms with Gasteiger partial charge in [-0.3, -0.25) is 0 Å². The molecule has 0 aliphatic heterocycles. The molecule has 0 heterocycles. The Morgan fingerprint density at radius 1 is 1.06 bits per heavy atom. The summed E-state index contributed by atoms with van der Waals surface area (Å²) in [7, 11) is 1.70. The summed E-state index contributed by atoms with van der Waals surface area (Å²) in [4.78, 5) is 0. The average Bonchev–Trinajstić information content (AvgIpc) is 2.37. The van der Waals surface area contributed by atoms with Crippen LogP contribution in [-0.2, 0) is 0 Å². The highest BCUT2D eigenvalue weighted by atomic mass is 16.5. The zero-order valence-corrected chi connectivity index (χ0v) is 10.6. The second kappa shape index (κ2) is 5.05. The van der Waals surface area contributed by atoms with Gasteiger partial charge in [0, 0.05) is 0 Å². The third-order valence-electron chi connectivity index (χ3n) is 3.08. The SMILES string of the molecule is C/C=C/[C@@H](C)c1ccc2cc(OC)ccc2c1. The van der Waals surface area contributed by atoms with Gasteiger partial charge in [0.25, 0.3) is 0 Å². The number of hydrogen-bond donors (Lipinski definition) is 0. The molecule has 1 atom stereocenters. The summed E-state index contributed by atoms with van der Waals surface area (Å²) >= 11 is 0. The summed E-state index contributed by atoms with van der Waals surface area (Å²) in [6.45, 7) is 4.27. The molecule has 2 rings (SSSR count). The Bertz CT molecular complexity index is 540. The van der Waals surface area contributed by atoms with E-state index in [-0.39, 0.29) is 0 Å². The third kappa shape index (κ3) is 2.50. The van der Waals surface area contributed by atoms with Crippen LogP contribution in [0.5, 0.6) is 5.75 Å². The number of fused-ring (bicyclic) bond motifs is 1. The van der Waals surface area contributed by atoms with Crippen LogP contribution in [0.25, 0.3) is 10.8 Å². The van der Waals surface area contributed by atoms with Crippen molar-refractivity contribution in [3.63, 3.8) is 0 Å². The van der Waals surface area contributed by atoms with Crippen molar-refractivity contribution in [3.05, 3.63) is 54.1 Å². The fourth-order valence-corrected chi connectivity index (χ4v) is 2.05. The Kier molecular flexibility index (Phi) is 3.48. The lowest BCUT2D eigenvalue weighted by Gasteiger charge is -2.09. The minimum Gasteiger partial charge on any atom is -0.497 e. The van der Waals surface area contributed by atoms with E-state index in [4.69, 9.17) is 4.74 Å². The second-order valence-electron chi connectivity index (χ2n) is 4.29. The van der Waals surface area contributed by atoms with Gasteiger partial charge in [-0.15, -0.1) is 0 Å². The van der Waals surface area contributed by atoms with Crippen molar-refractivity contribution in [2.45, 2.75) is 19.8 Å². The summed E-state index contributed by atoms with van der Waals surface area (Å²) in [5.74, 6) is 1.37. The van der Waals surface area contributed by atoms with Gasteiger partial charge in [0.1, 0.15) is 5.75 Å². The number of rotatable bonds is 3. The first kappa shape index (κ1) is 11.7. The van der Waals surface area contributed by atoms with Gasteiger partial charge < -0.3 is 4.74 Å². The van der Waals surface area contributed by atoms with Crippen molar-refractivity contribution >= 4 is 10.8 Å². The first-order valence-corrected chi connectivity index (χ1v) is 5.95. The zero-order chi connectivity index (χ0) is 12.3. The summed E-state index contributed by atoms with van der Waals surface area (Å²) < 4.78 is 5.23. The standard InChI is InChI=1S/C16H18O/c1-4-5-12(2)13-6-7-15-11-16(17-3)9-8-14(15)10-13/h4-12H,1-3H3/b5-4+/t12-/m1/s1. The van der Waals surface area contributed by atoms with E-state index >= 15 is 0 Å². The van der Waals surface area contributed by atoms with Crippen molar-refractivity contribution < 1.29 is 4.74 Å². The van der Waals surface area contributed by atoms with Crippen LogP contribution in [0.3, 0.4) is 0 Å². The lowest BCUT2D eigenvalue weighted by atomic mass is 9.97. The quantitative estimate of drug-likeness (QED) is 0.699. The molecule has 17 heavy (non-hydrogen) atoms. The number of hydrogen-bond acceptors (Lipinski definition) is 1. The summed E-state index contributed by atoms with van der Waals surface area (Å²) in [6, 6.07) is 12.8. The minimum absolute atomic E-state index is 0.464. The van der Waals surface area contributed by atoms with E-state index in [9.17, 15) is 0 Å². The predicted octanol–water partition coefficient (Wildman–Crippen LogP) is 4.53. The van der Waals surface area contributed by atoms with E-state index in [2.05, 4.69) is 56.3 Å². The molecule has 0 N–H and O–H groups in total. The molecular formula is C16H18O. The van der Waals surface area contributed by atoms with Gasteiger partial charge >= 0.3 is 0 Å². The smallest absolute Gasteiger partial charge is 0.119 e. The first-order valence-electron chi connectivity index (χ1n) is 5.95. The summed E-state index contributed by atoms with van der Waals surface area (Å²) in [5, 5.41) is 2.49. The van der Waals surface area contributed by atoms with Gasteiger partial charge in [-0.2, -0.15) is 0 Å². The lowest BCUT2D eigenvalue weighted by Crippen LogP contribution is -1.89. The second-order valence-corrected chi connectivity index (χ2v) is 4.29. The van der Waals surface area contributed by atoms with E-state index in [0.717, 1.165) is 5.75 Å². The largest absolute Gasteiger partial charge is 0.497 e. The van der Waals surface area contributed by atoms with E-state index in [1.165, 1.54) is 16.3 Å². The van der Waals surface area contributed by atoms with Crippen molar-refractivity contribution in [2.75, 3.05) is 7.11 Å². The Hall–Kier alpha value is -1.76. The van der Waals surface area contributed by atoms with E-state index < -0.39 is 0 Å². The molecule has 0 aromatic heterocycles. The molecule has 1 heteroatoms. The third-order valence-corrected chi connectivity index (χ3v) is 3.08. The van der Waals surface area contributed by atoms with E-state index in [1.54, 1.807) is 7.11 Å². The van der Waals surface area contributed by atoms with Crippen molar-refractivity contribution in [2.24, 2.45) is 0 Å². The van der Waals surface area contributed by atoms with Crippen molar-refractivity contribution in [3.8, 4) is 5.75 Å². The highest BCUT2D eigenvalue weighted by Gasteiger charge is 2.03. The van der Waals surface area contributed by atoms with Gasteiger partial charge in [0.2, 0.25) is 0 Å². The monoisotopic (exact) mass is 226 g/mol. The minimum atomic E-state index is 0.464. The molecule has 0 saturated heterocycles. The maximum atomic E-state index is 5.23. The van der Waals surface area contributed by atoms with Gasteiger partial charge in [-0.1, -0.05) is 43.3 Å². The Morgan fingerprint density at radius 3 is 2.47 bits per heavy atom. The van der Waals surface area contributed by atoms with Crippen LogP contribution in [-0.4, -0.2) is 7.11 Å². The average molecular weight is 226 g/mol. The molecule has 0 radical (unpaired) electrons. The van der Waals surface area contributed by atoms with Crippen LogP contribution in [0.15, 0.2) is 48.6 Å². The van der Waals surface area contributed by atoms with Crippen molar-refractivity contribution in [1.29, 1.82) is 0 Å². The Morgan fingerprint density at radius 2 is 1.76 bits per heavy atom. The maximum absolute atomic E-state index is 5.23. The fraction of sp³-hybridized carbons (Fsp3) is 0.250. The number of benzene rings is 2. The van der Waals surface area contributed by atoms with Crippen molar-refractivity contribution in [1.82, 2.24) is 0 Å².